The van der Waals surface area contributed by atoms with Crippen molar-refractivity contribution in [3.63, 3.8) is 0 Å². The molecule has 5 nitrogen and oxygen atoms in total. The van der Waals surface area contributed by atoms with Crippen molar-refractivity contribution < 1.29 is 31.4 Å². The first-order valence-electron chi connectivity index (χ1n) is 9.93. The third-order valence-electron chi connectivity index (χ3n) is 5.09. The van der Waals surface area contributed by atoms with Gasteiger partial charge in [-0.25, -0.2) is 13.8 Å². The van der Waals surface area contributed by atoms with Gasteiger partial charge < -0.3 is 14.0 Å². The molecule has 2 aromatic heterocycles. The van der Waals surface area contributed by atoms with Crippen LogP contribution in [0.1, 0.15) is 17.1 Å². The Bertz CT molecular complexity index is 1120. The van der Waals surface area contributed by atoms with Gasteiger partial charge >= 0.3 is 6.36 Å². The zero-order valence-electron chi connectivity index (χ0n) is 17.3. The van der Waals surface area contributed by atoms with Crippen molar-refractivity contribution in [1.29, 1.82) is 0 Å². The van der Waals surface area contributed by atoms with Gasteiger partial charge in [0.25, 0.3) is 0 Å². The Labute approximate surface area is 180 Å². The van der Waals surface area contributed by atoms with Crippen molar-refractivity contribution in [1.82, 2.24) is 14.5 Å². The van der Waals surface area contributed by atoms with Gasteiger partial charge in [-0.2, -0.15) is 0 Å². The fourth-order valence-electron chi connectivity index (χ4n) is 3.88. The van der Waals surface area contributed by atoms with Crippen molar-refractivity contribution in [2.24, 2.45) is 0 Å². The minimum atomic E-state index is -5.01. The summed E-state index contributed by atoms with van der Waals surface area (Å²) in [6, 6.07) is 6.85. The van der Waals surface area contributed by atoms with E-state index in [1.165, 1.54) is 6.07 Å². The Hall–Kier alpha value is -3.01. The van der Waals surface area contributed by atoms with E-state index in [1.54, 1.807) is 4.57 Å². The van der Waals surface area contributed by atoms with E-state index in [0.717, 1.165) is 34.8 Å². The topological polar surface area (TPSA) is 49.2 Å². The minimum absolute atomic E-state index is 0.139. The molecular weight excluding hydrogens is 433 g/mol. The third kappa shape index (κ3) is 4.59. The number of imidazole rings is 1. The lowest BCUT2D eigenvalue weighted by Crippen LogP contribution is -2.21. The van der Waals surface area contributed by atoms with Crippen LogP contribution >= 0.6 is 0 Å². The maximum Gasteiger partial charge on any atom is 0.573 e. The third-order valence-corrected chi connectivity index (χ3v) is 5.09. The van der Waals surface area contributed by atoms with E-state index in [-0.39, 0.29) is 18.7 Å². The quantitative estimate of drug-likeness (QED) is 0.511. The van der Waals surface area contributed by atoms with Gasteiger partial charge in [0, 0.05) is 34.6 Å². The van der Waals surface area contributed by atoms with Crippen molar-refractivity contribution in [3.8, 4) is 28.4 Å². The van der Waals surface area contributed by atoms with Crippen LogP contribution in [0.15, 0.2) is 30.3 Å². The normalized spacial score (nSPS) is 16.5. The Kier molecular flexibility index (Phi) is 5.89. The lowest BCUT2D eigenvalue weighted by atomic mass is 10.1. The highest BCUT2D eigenvalue weighted by Gasteiger charge is 2.33. The number of ether oxygens (including phenoxy) is 2. The molecule has 0 amide bonds. The first-order chi connectivity index (χ1) is 15.1. The van der Waals surface area contributed by atoms with Gasteiger partial charge in [-0.05, 0) is 44.2 Å². The van der Waals surface area contributed by atoms with Crippen LogP contribution in [0, 0.1) is 19.7 Å². The molecule has 0 N–H and O–H groups in total. The summed E-state index contributed by atoms with van der Waals surface area (Å²) in [6.45, 7) is 3.40. The van der Waals surface area contributed by atoms with E-state index in [1.807, 2.05) is 26.0 Å². The zero-order valence-corrected chi connectivity index (χ0v) is 17.3. The molecule has 4 rings (SSSR count). The average Bonchev–Trinajstić information content (AvgIpc) is 2.91. The number of fused-ring (bicyclic) bond motifs is 1. The number of pyridine rings is 1. The van der Waals surface area contributed by atoms with Gasteiger partial charge in [0.15, 0.2) is 11.6 Å². The van der Waals surface area contributed by atoms with Crippen molar-refractivity contribution in [2.75, 3.05) is 13.3 Å². The fraction of sp³-hybridized carbons (Fsp3) is 0.364. The number of halogens is 5. The summed E-state index contributed by atoms with van der Waals surface area (Å²) in [5.74, 6) is -1.81. The van der Waals surface area contributed by atoms with E-state index in [0.29, 0.717) is 17.9 Å². The Morgan fingerprint density at radius 1 is 1.09 bits per heavy atom. The number of aromatic nitrogens is 3. The summed E-state index contributed by atoms with van der Waals surface area (Å²) in [6.07, 6.45) is -5.28. The van der Waals surface area contributed by atoms with Crippen molar-refractivity contribution in [2.45, 2.75) is 39.3 Å². The van der Waals surface area contributed by atoms with Crippen LogP contribution < -0.4 is 4.74 Å². The molecular formula is C22H20F5N3O2. The highest BCUT2D eigenvalue weighted by atomic mass is 19.4. The molecule has 3 heterocycles. The van der Waals surface area contributed by atoms with E-state index in [9.17, 15) is 22.0 Å². The number of rotatable bonds is 4. The molecule has 1 atom stereocenters. The SMILES string of the molecule is Cc1cc(-c2nc(-c3ccc(OC(F)(F)F)c(F)c3)n3c2CCO[C@H](CF)C3)cc(C)n1. The van der Waals surface area contributed by atoms with Gasteiger partial charge in [0.1, 0.15) is 18.6 Å². The molecule has 10 heteroatoms. The summed E-state index contributed by atoms with van der Waals surface area (Å²) in [4.78, 5) is 9.06. The molecule has 0 aliphatic carbocycles. The minimum Gasteiger partial charge on any atom is -0.403 e. The molecule has 0 saturated heterocycles. The largest absolute Gasteiger partial charge is 0.573 e. The molecule has 0 saturated carbocycles. The van der Waals surface area contributed by atoms with Crippen molar-refractivity contribution in [3.05, 3.63) is 53.2 Å². The molecule has 0 unspecified atom stereocenters. The molecule has 1 aromatic carbocycles. The summed E-state index contributed by atoms with van der Waals surface area (Å²) in [5, 5.41) is 0. The summed E-state index contributed by atoms with van der Waals surface area (Å²) in [5.41, 5.74) is 4.00. The number of hydrogen-bond acceptors (Lipinski definition) is 4. The second-order valence-corrected chi connectivity index (χ2v) is 7.57. The first kappa shape index (κ1) is 22.2. The maximum atomic E-state index is 14.4. The predicted molar refractivity (Wildman–Crippen MR) is 106 cm³/mol. The van der Waals surface area contributed by atoms with Crippen LogP contribution in [0.2, 0.25) is 0 Å². The smallest absolute Gasteiger partial charge is 0.403 e. The number of alkyl halides is 4. The van der Waals surface area contributed by atoms with Gasteiger partial charge in [0.05, 0.1) is 18.8 Å². The second kappa shape index (κ2) is 8.50. The van der Waals surface area contributed by atoms with Crippen LogP contribution in [0.4, 0.5) is 22.0 Å². The van der Waals surface area contributed by atoms with E-state index in [4.69, 9.17) is 9.72 Å². The Balaban J connectivity index is 1.85. The number of aryl methyl sites for hydroxylation is 2. The Morgan fingerprint density at radius 2 is 1.81 bits per heavy atom. The second-order valence-electron chi connectivity index (χ2n) is 7.57. The molecule has 1 aliphatic heterocycles. The van der Waals surface area contributed by atoms with E-state index in [2.05, 4.69) is 9.72 Å². The molecule has 0 spiro atoms. The molecule has 170 valence electrons. The zero-order chi connectivity index (χ0) is 23.0. The number of benzene rings is 1. The van der Waals surface area contributed by atoms with Crippen LogP contribution in [0.5, 0.6) is 5.75 Å². The molecule has 0 radical (unpaired) electrons. The molecule has 0 bridgehead atoms. The summed E-state index contributed by atoms with van der Waals surface area (Å²) in [7, 11) is 0. The first-order valence-corrected chi connectivity index (χ1v) is 9.93. The molecule has 3 aromatic rings. The van der Waals surface area contributed by atoms with Crippen LogP contribution in [-0.4, -0.2) is 40.3 Å². The van der Waals surface area contributed by atoms with Gasteiger partial charge in [-0.1, -0.05) is 0 Å². The fourth-order valence-corrected chi connectivity index (χ4v) is 3.88. The van der Waals surface area contributed by atoms with Crippen LogP contribution in [-0.2, 0) is 17.7 Å². The Morgan fingerprint density at radius 3 is 2.44 bits per heavy atom. The standard InChI is InChI=1S/C22H20F5N3O2/c1-12-7-15(8-13(2)28-12)20-18-5-6-31-16(10-23)11-30(18)21(29-20)14-3-4-19(17(24)9-14)32-22(25,26)27/h3-4,7-9,16H,5-6,10-11H2,1-2H3/t16-/m1/s1. The maximum absolute atomic E-state index is 14.4. The monoisotopic (exact) mass is 453 g/mol. The molecule has 1 aliphatic rings. The van der Waals surface area contributed by atoms with Crippen molar-refractivity contribution >= 4 is 0 Å². The van der Waals surface area contributed by atoms with E-state index >= 15 is 0 Å². The molecule has 0 fully saturated rings. The predicted octanol–water partition coefficient (Wildman–Crippen LogP) is 5.18. The number of nitrogens with zero attached hydrogens (tertiary/aromatic N) is 3. The van der Waals surface area contributed by atoms with Crippen LogP contribution in [0.25, 0.3) is 22.6 Å². The lowest BCUT2D eigenvalue weighted by molar-refractivity contribution is -0.275. The van der Waals surface area contributed by atoms with Gasteiger partial charge in [0.2, 0.25) is 0 Å². The van der Waals surface area contributed by atoms with Gasteiger partial charge in [-0.15, -0.1) is 13.2 Å². The summed E-state index contributed by atoms with van der Waals surface area (Å²) >= 11 is 0. The van der Waals surface area contributed by atoms with E-state index < -0.39 is 30.7 Å². The highest BCUT2D eigenvalue weighted by molar-refractivity contribution is 5.69. The number of hydrogen-bond donors (Lipinski definition) is 0. The summed E-state index contributed by atoms with van der Waals surface area (Å²) < 4.78 is 76.4. The lowest BCUT2D eigenvalue weighted by Gasteiger charge is -2.15. The van der Waals surface area contributed by atoms with Crippen LogP contribution in [0.3, 0.4) is 0 Å². The van der Waals surface area contributed by atoms with Gasteiger partial charge in [-0.3, -0.25) is 4.98 Å². The molecule has 32 heavy (non-hydrogen) atoms. The average molecular weight is 453 g/mol. The highest BCUT2D eigenvalue weighted by Crippen LogP contribution is 2.34.